The van der Waals surface area contributed by atoms with Gasteiger partial charge in [0.1, 0.15) is 5.56 Å². The number of aliphatic hydroxyl groups is 1. The van der Waals surface area contributed by atoms with Gasteiger partial charge in [0.15, 0.2) is 5.82 Å². The van der Waals surface area contributed by atoms with E-state index in [1.807, 2.05) is 19.1 Å². The van der Waals surface area contributed by atoms with Crippen molar-refractivity contribution in [2.75, 3.05) is 36.5 Å². The van der Waals surface area contributed by atoms with Gasteiger partial charge < -0.3 is 25.0 Å². The van der Waals surface area contributed by atoms with E-state index in [1.165, 1.54) is 0 Å². The third-order valence-electron chi connectivity index (χ3n) is 6.72. The summed E-state index contributed by atoms with van der Waals surface area (Å²) in [7, 11) is 0. The topological polar surface area (TPSA) is 112 Å². The van der Waals surface area contributed by atoms with Crippen LogP contribution in [0.4, 0.5) is 17.2 Å². The molecule has 10 heteroatoms. The first-order valence-corrected chi connectivity index (χ1v) is 12.1. The van der Waals surface area contributed by atoms with E-state index >= 15 is 0 Å². The highest BCUT2D eigenvalue weighted by Crippen LogP contribution is 2.37. The first-order chi connectivity index (χ1) is 16.7. The van der Waals surface area contributed by atoms with Crippen LogP contribution >= 0.6 is 0 Å². The Kier molecular flexibility index (Phi) is 6.10. The maximum Gasteiger partial charge on any atom is 0.261 e. The molecule has 0 bridgehead atoms. The summed E-state index contributed by atoms with van der Waals surface area (Å²) >= 11 is 0. The molecule has 0 unspecified atom stereocenters. The van der Waals surface area contributed by atoms with Gasteiger partial charge in [-0.1, -0.05) is 0 Å². The van der Waals surface area contributed by atoms with Crippen molar-refractivity contribution in [2.24, 2.45) is 4.99 Å². The van der Waals surface area contributed by atoms with Crippen LogP contribution in [-0.4, -0.2) is 75.8 Å². The number of carbonyl (C=O) groups excluding carboxylic acids is 2. The van der Waals surface area contributed by atoms with E-state index < -0.39 is 5.60 Å². The lowest BCUT2D eigenvalue weighted by Gasteiger charge is -2.31. The Morgan fingerprint density at radius 1 is 1.26 bits per heavy atom. The SMILES string of the molecule is C[C@H](CC(C)(C)O)N1Cc2cc(NC(=O)c3cnn4c3N=CCC4)c(N3CCOCC3)cc2C1=O. The fraction of sp³-hybridized carbons (Fsp3) is 0.520. The van der Waals surface area contributed by atoms with Crippen LogP contribution in [0.2, 0.25) is 0 Å². The average Bonchev–Trinajstić information content (AvgIpc) is 3.39. The molecule has 5 rings (SSSR count). The summed E-state index contributed by atoms with van der Waals surface area (Å²) in [5.41, 5.74) is 2.50. The van der Waals surface area contributed by atoms with Crippen molar-refractivity contribution in [3.05, 3.63) is 35.0 Å². The molecular weight excluding hydrogens is 448 g/mol. The molecule has 2 amide bonds. The highest BCUT2D eigenvalue weighted by molar-refractivity contribution is 6.10. The van der Waals surface area contributed by atoms with E-state index in [9.17, 15) is 14.7 Å². The highest BCUT2D eigenvalue weighted by Gasteiger charge is 2.35. The van der Waals surface area contributed by atoms with Crippen LogP contribution in [0.5, 0.6) is 0 Å². The van der Waals surface area contributed by atoms with E-state index in [-0.39, 0.29) is 17.9 Å². The molecule has 0 aliphatic carbocycles. The number of amides is 2. The van der Waals surface area contributed by atoms with Crippen LogP contribution < -0.4 is 10.2 Å². The van der Waals surface area contributed by atoms with Crippen molar-refractivity contribution in [1.82, 2.24) is 14.7 Å². The second kappa shape index (κ2) is 9.09. The molecule has 1 aromatic heterocycles. The van der Waals surface area contributed by atoms with Gasteiger partial charge >= 0.3 is 0 Å². The molecule has 3 aliphatic heterocycles. The van der Waals surface area contributed by atoms with E-state index in [1.54, 1.807) is 35.8 Å². The minimum absolute atomic E-state index is 0.0517. The van der Waals surface area contributed by atoms with Crippen LogP contribution in [0.3, 0.4) is 0 Å². The number of nitrogens with one attached hydrogen (secondary N) is 1. The number of anilines is 2. The zero-order valence-corrected chi connectivity index (χ0v) is 20.5. The second-order valence-corrected chi connectivity index (χ2v) is 10.1. The first kappa shape index (κ1) is 23.5. The number of benzene rings is 1. The summed E-state index contributed by atoms with van der Waals surface area (Å²) < 4.78 is 7.25. The normalized spacial score (nSPS) is 18.5. The summed E-state index contributed by atoms with van der Waals surface area (Å²) in [4.78, 5) is 34.9. The number of fused-ring (bicyclic) bond motifs is 2. The average molecular weight is 481 g/mol. The van der Waals surface area contributed by atoms with Crippen LogP contribution in [0.15, 0.2) is 23.3 Å². The summed E-state index contributed by atoms with van der Waals surface area (Å²) in [6.07, 6.45) is 4.62. The van der Waals surface area contributed by atoms with Crippen molar-refractivity contribution < 1.29 is 19.4 Å². The molecule has 4 heterocycles. The van der Waals surface area contributed by atoms with Gasteiger partial charge in [-0.3, -0.25) is 9.59 Å². The first-order valence-electron chi connectivity index (χ1n) is 12.1. The maximum atomic E-state index is 13.3. The van der Waals surface area contributed by atoms with Gasteiger partial charge in [0, 0.05) is 50.4 Å². The Labute approximate surface area is 204 Å². The number of aryl methyl sites for hydroxylation is 1. The fourth-order valence-electron chi connectivity index (χ4n) is 5.09. The van der Waals surface area contributed by atoms with Gasteiger partial charge in [0.2, 0.25) is 0 Å². The summed E-state index contributed by atoms with van der Waals surface area (Å²) in [6, 6.07) is 3.67. The van der Waals surface area contributed by atoms with Crippen molar-refractivity contribution in [2.45, 2.75) is 58.3 Å². The van der Waals surface area contributed by atoms with E-state index in [2.05, 4.69) is 20.3 Å². The van der Waals surface area contributed by atoms with Gasteiger partial charge in [-0.05, 0) is 44.9 Å². The van der Waals surface area contributed by atoms with Gasteiger partial charge in [-0.2, -0.15) is 5.10 Å². The summed E-state index contributed by atoms with van der Waals surface area (Å²) in [5, 5.41) is 17.6. The highest BCUT2D eigenvalue weighted by atomic mass is 16.5. The largest absolute Gasteiger partial charge is 0.390 e. The Morgan fingerprint density at radius 2 is 2.03 bits per heavy atom. The molecule has 0 saturated carbocycles. The van der Waals surface area contributed by atoms with Gasteiger partial charge in [-0.15, -0.1) is 0 Å². The number of ether oxygens (including phenoxy) is 1. The molecule has 1 aromatic carbocycles. The quantitative estimate of drug-likeness (QED) is 0.657. The predicted molar refractivity (Wildman–Crippen MR) is 133 cm³/mol. The summed E-state index contributed by atoms with van der Waals surface area (Å²) in [5.74, 6) is 0.227. The Bertz CT molecular complexity index is 1180. The van der Waals surface area contributed by atoms with Gasteiger partial charge in [0.05, 0.1) is 36.4 Å². The van der Waals surface area contributed by atoms with E-state index in [4.69, 9.17) is 4.74 Å². The molecule has 2 aromatic rings. The predicted octanol–water partition coefficient (Wildman–Crippen LogP) is 2.58. The standard InChI is InChI=1S/C25H32N6O4/c1-16(13-25(2,3)34)30-15-17-11-20(21(12-18(17)24(30)33)29-7-9-35-10-8-29)28-23(32)19-14-27-31-6-4-5-26-22(19)31/h5,11-12,14,16,34H,4,6-10,13,15H2,1-3H3,(H,28,32)/t16-/m1/s1. The minimum atomic E-state index is -0.875. The molecule has 10 nitrogen and oxygen atoms in total. The Balaban J connectivity index is 1.47. The maximum absolute atomic E-state index is 13.3. The molecule has 0 spiro atoms. The van der Waals surface area contributed by atoms with E-state index in [0.717, 1.165) is 17.7 Å². The lowest BCUT2D eigenvalue weighted by atomic mass is 9.99. The monoisotopic (exact) mass is 480 g/mol. The van der Waals surface area contributed by atoms with Crippen LogP contribution in [-0.2, 0) is 17.8 Å². The molecule has 0 radical (unpaired) electrons. The van der Waals surface area contributed by atoms with Crippen LogP contribution in [0.1, 0.15) is 59.9 Å². The third kappa shape index (κ3) is 4.68. The molecule has 186 valence electrons. The van der Waals surface area contributed by atoms with Crippen LogP contribution in [0, 0.1) is 0 Å². The number of nitrogens with zero attached hydrogens (tertiary/aromatic N) is 5. The summed E-state index contributed by atoms with van der Waals surface area (Å²) in [6.45, 7) is 9.09. The lowest BCUT2D eigenvalue weighted by molar-refractivity contribution is 0.0344. The zero-order valence-electron chi connectivity index (χ0n) is 20.5. The number of morpholine rings is 1. The molecule has 3 aliphatic rings. The Morgan fingerprint density at radius 3 is 2.77 bits per heavy atom. The molecule has 1 saturated heterocycles. The van der Waals surface area contributed by atoms with Gasteiger partial charge in [-0.25, -0.2) is 9.67 Å². The third-order valence-corrected chi connectivity index (χ3v) is 6.72. The van der Waals surface area contributed by atoms with Crippen molar-refractivity contribution in [3.8, 4) is 0 Å². The number of hydrogen-bond acceptors (Lipinski definition) is 7. The van der Waals surface area contributed by atoms with Crippen molar-refractivity contribution >= 4 is 35.2 Å². The lowest BCUT2D eigenvalue weighted by Crippen LogP contribution is -2.38. The smallest absolute Gasteiger partial charge is 0.261 e. The number of aliphatic imine (C=N–C) groups is 1. The molecule has 1 atom stereocenters. The molecule has 35 heavy (non-hydrogen) atoms. The fourth-order valence-corrected chi connectivity index (χ4v) is 5.09. The molecule has 2 N–H and O–H groups in total. The Hall–Kier alpha value is -3.24. The number of carbonyl (C=O) groups is 2. The van der Waals surface area contributed by atoms with Gasteiger partial charge in [0.25, 0.3) is 11.8 Å². The number of rotatable bonds is 6. The zero-order chi connectivity index (χ0) is 24.7. The molecular formula is C25H32N6O4. The number of aromatic nitrogens is 2. The van der Waals surface area contributed by atoms with Crippen LogP contribution in [0.25, 0.3) is 0 Å². The van der Waals surface area contributed by atoms with E-state index in [0.29, 0.717) is 68.4 Å². The van der Waals surface area contributed by atoms with Crippen molar-refractivity contribution in [1.29, 1.82) is 0 Å². The molecule has 1 fully saturated rings. The second-order valence-electron chi connectivity index (χ2n) is 10.1. The number of hydrogen-bond donors (Lipinski definition) is 2. The minimum Gasteiger partial charge on any atom is -0.390 e. The van der Waals surface area contributed by atoms with Crippen molar-refractivity contribution in [3.63, 3.8) is 0 Å².